The summed E-state index contributed by atoms with van der Waals surface area (Å²) in [7, 11) is 0. The molecule has 0 spiro atoms. The first-order valence-electron chi connectivity index (χ1n) is 5.16. The van der Waals surface area contributed by atoms with Gasteiger partial charge < -0.3 is 0 Å². The molecule has 0 aromatic carbocycles. The smallest absolute Gasteiger partial charge is 0.148 e. The summed E-state index contributed by atoms with van der Waals surface area (Å²) in [4.78, 5) is 4.16. The van der Waals surface area contributed by atoms with Crippen molar-refractivity contribution in [3.8, 4) is 11.3 Å². The molecule has 0 saturated heterocycles. The molecular formula is C11H10Cl3N3. The Morgan fingerprint density at radius 3 is 2.71 bits per heavy atom. The number of hydrogen-bond donors (Lipinski definition) is 0. The van der Waals surface area contributed by atoms with Gasteiger partial charge in [0.2, 0.25) is 0 Å². The highest BCUT2D eigenvalue weighted by atomic mass is 35.5. The van der Waals surface area contributed by atoms with Gasteiger partial charge in [0.15, 0.2) is 0 Å². The number of rotatable bonds is 3. The molecule has 0 aliphatic heterocycles. The fraction of sp³-hybridized carbons (Fsp3) is 0.273. The van der Waals surface area contributed by atoms with Gasteiger partial charge in [-0.15, -0.1) is 0 Å². The van der Waals surface area contributed by atoms with Crippen LogP contribution in [-0.4, -0.2) is 14.8 Å². The van der Waals surface area contributed by atoms with Crippen molar-refractivity contribution < 1.29 is 0 Å². The van der Waals surface area contributed by atoms with Crippen LogP contribution in [-0.2, 0) is 6.54 Å². The number of aromatic nitrogens is 3. The Bertz CT molecular complexity index is 537. The second-order valence-electron chi connectivity index (χ2n) is 3.58. The third-order valence-electron chi connectivity index (χ3n) is 2.25. The Morgan fingerprint density at radius 1 is 1.24 bits per heavy atom. The molecule has 0 bridgehead atoms. The fourth-order valence-corrected chi connectivity index (χ4v) is 2.09. The SMILES string of the molecule is CCCn1cc(-c2nc(Cl)c(Cl)cc2Cl)cn1. The van der Waals surface area contributed by atoms with Gasteiger partial charge in [-0.05, 0) is 12.5 Å². The molecular weight excluding hydrogens is 281 g/mol. The lowest BCUT2D eigenvalue weighted by Gasteiger charge is -2.02. The first-order chi connectivity index (χ1) is 8.11. The summed E-state index contributed by atoms with van der Waals surface area (Å²) in [5.74, 6) is 0. The second kappa shape index (κ2) is 5.25. The van der Waals surface area contributed by atoms with Gasteiger partial charge in [0, 0.05) is 18.3 Å². The van der Waals surface area contributed by atoms with Crippen LogP contribution in [0.2, 0.25) is 15.2 Å². The van der Waals surface area contributed by atoms with Gasteiger partial charge in [-0.2, -0.15) is 5.10 Å². The predicted molar refractivity (Wildman–Crippen MR) is 70.8 cm³/mol. The summed E-state index contributed by atoms with van der Waals surface area (Å²) >= 11 is 17.8. The van der Waals surface area contributed by atoms with Gasteiger partial charge in [-0.1, -0.05) is 41.7 Å². The Kier molecular flexibility index (Phi) is 3.92. The average Bonchev–Trinajstić information content (AvgIpc) is 2.72. The minimum absolute atomic E-state index is 0.245. The zero-order chi connectivity index (χ0) is 12.4. The van der Waals surface area contributed by atoms with Crippen molar-refractivity contribution in [2.75, 3.05) is 0 Å². The molecule has 90 valence electrons. The standard InChI is InChI=1S/C11H10Cl3N3/c1-2-3-17-6-7(5-15-17)10-8(12)4-9(13)11(14)16-10/h4-6H,2-3H2,1H3. The molecule has 0 radical (unpaired) electrons. The molecule has 17 heavy (non-hydrogen) atoms. The first-order valence-corrected chi connectivity index (χ1v) is 6.29. The maximum atomic E-state index is 6.08. The van der Waals surface area contributed by atoms with Crippen LogP contribution in [0.1, 0.15) is 13.3 Å². The average molecular weight is 291 g/mol. The van der Waals surface area contributed by atoms with Crippen molar-refractivity contribution in [1.29, 1.82) is 0 Å². The Morgan fingerprint density at radius 2 is 2.00 bits per heavy atom. The molecule has 2 aromatic rings. The van der Waals surface area contributed by atoms with Crippen molar-refractivity contribution in [3.05, 3.63) is 33.7 Å². The fourth-order valence-electron chi connectivity index (χ4n) is 1.48. The van der Waals surface area contributed by atoms with E-state index in [0.717, 1.165) is 18.5 Å². The van der Waals surface area contributed by atoms with Crippen molar-refractivity contribution in [3.63, 3.8) is 0 Å². The van der Waals surface area contributed by atoms with Crippen molar-refractivity contribution >= 4 is 34.8 Å². The summed E-state index contributed by atoms with van der Waals surface area (Å²) in [6, 6.07) is 1.59. The molecule has 0 aliphatic rings. The topological polar surface area (TPSA) is 30.7 Å². The highest BCUT2D eigenvalue weighted by molar-refractivity contribution is 6.42. The van der Waals surface area contributed by atoms with E-state index in [1.54, 1.807) is 12.3 Å². The van der Waals surface area contributed by atoms with Gasteiger partial charge in [0.1, 0.15) is 5.15 Å². The first kappa shape index (κ1) is 12.7. The highest BCUT2D eigenvalue weighted by Crippen LogP contribution is 2.31. The predicted octanol–water partition coefficient (Wildman–Crippen LogP) is 4.32. The van der Waals surface area contributed by atoms with E-state index in [0.29, 0.717) is 15.7 Å². The lowest BCUT2D eigenvalue weighted by molar-refractivity contribution is 0.603. The Balaban J connectivity index is 2.41. The molecule has 0 amide bonds. The zero-order valence-electron chi connectivity index (χ0n) is 9.12. The zero-order valence-corrected chi connectivity index (χ0v) is 11.4. The molecule has 0 atom stereocenters. The molecule has 2 aromatic heterocycles. The van der Waals surface area contributed by atoms with Crippen molar-refractivity contribution in [2.24, 2.45) is 0 Å². The molecule has 2 rings (SSSR count). The lowest BCUT2D eigenvalue weighted by Crippen LogP contribution is -1.95. The number of halogens is 3. The summed E-state index contributed by atoms with van der Waals surface area (Å²) in [5.41, 5.74) is 1.44. The Labute approximate surface area is 114 Å². The van der Waals surface area contributed by atoms with Crippen molar-refractivity contribution in [1.82, 2.24) is 14.8 Å². The highest BCUT2D eigenvalue weighted by Gasteiger charge is 2.11. The van der Waals surface area contributed by atoms with Crippen LogP contribution in [0.25, 0.3) is 11.3 Å². The molecule has 2 heterocycles. The van der Waals surface area contributed by atoms with Crippen molar-refractivity contribution in [2.45, 2.75) is 19.9 Å². The summed E-state index contributed by atoms with van der Waals surface area (Å²) in [6.07, 6.45) is 4.62. The van der Waals surface area contributed by atoms with Gasteiger partial charge in [0.05, 0.1) is 21.9 Å². The van der Waals surface area contributed by atoms with Crippen LogP contribution >= 0.6 is 34.8 Å². The van der Waals surface area contributed by atoms with E-state index in [1.165, 1.54) is 0 Å². The van der Waals surface area contributed by atoms with E-state index in [2.05, 4.69) is 17.0 Å². The molecule has 0 N–H and O–H groups in total. The summed E-state index contributed by atoms with van der Waals surface area (Å²) in [5, 5.41) is 5.28. The molecule has 0 aliphatic carbocycles. The number of aryl methyl sites for hydroxylation is 1. The van der Waals surface area contributed by atoms with E-state index in [9.17, 15) is 0 Å². The van der Waals surface area contributed by atoms with Gasteiger partial charge in [-0.25, -0.2) is 4.98 Å². The number of hydrogen-bond acceptors (Lipinski definition) is 2. The maximum Gasteiger partial charge on any atom is 0.148 e. The van der Waals surface area contributed by atoms with E-state index in [1.807, 2.05) is 10.9 Å². The van der Waals surface area contributed by atoms with Crippen LogP contribution in [0.15, 0.2) is 18.5 Å². The molecule has 6 heteroatoms. The lowest BCUT2D eigenvalue weighted by atomic mass is 10.2. The van der Waals surface area contributed by atoms with E-state index < -0.39 is 0 Å². The number of nitrogens with zero attached hydrogens (tertiary/aromatic N) is 3. The molecule has 0 saturated carbocycles. The maximum absolute atomic E-state index is 6.08. The van der Waals surface area contributed by atoms with Gasteiger partial charge in [-0.3, -0.25) is 4.68 Å². The van der Waals surface area contributed by atoms with Gasteiger partial charge in [0.25, 0.3) is 0 Å². The monoisotopic (exact) mass is 289 g/mol. The second-order valence-corrected chi connectivity index (χ2v) is 4.76. The molecule has 0 fully saturated rings. The van der Waals surface area contributed by atoms with Crippen LogP contribution in [0.4, 0.5) is 0 Å². The summed E-state index contributed by atoms with van der Waals surface area (Å²) in [6.45, 7) is 2.95. The summed E-state index contributed by atoms with van der Waals surface area (Å²) < 4.78 is 1.84. The number of pyridine rings is 1. The van der Waals surface area contributed by atoms with Crippen LogP contribution in [0.5, 0.6) is 0 Å². The van der Waals surface area contributed by atoms with Crippen LogP contribution in [0.3, 0.4) is 0 Å². The molecule has 3 nitrogen and oxygen atoms in total. The quantitative estimate of drug-likeness (QED) is 0.788. The Hall–Kier alpha value is -0.770. The van der Waals surface area contributed by atoms with Crippen LogP contribution < -0.4 is 0 Å². The van der Waals surface area contributed by atoms with Crippen LogP contribution in [0, 0.1) is 0 Å². The van der Waals surface area contributed by atoms with E-state index >= 15 is 0 Å². The minimum atomic E-state index is 0.245. The van der Waals surface area contributed by atoms with Gasteiger partial charge >= 0.3 is 0 Å². The largest absolute Gasteiger partial charge is 0.272 e. The third kappa shape index (κ3) is 2.73. The van der Waals surface area contributed by atoms with E-state index in [-0.39, 0.29) is 5.15 Å². The van der Waals surface area contributed by atoms with E-state index in [4.69, 9.17) is 34.8 Å². The molecule has 0 unspecified atom stereocenters. The third-order valence-corrected chi connectivity index (χ3v) is 3.21. The normalized spacial score (nSPS) is 10.8. The minimum Gasteiger partial charge on any atom is -0.272 e.